The quantitative estimate of drug-likeness (QED) is 0.790. The lowest BCUT2D eigenvalue weighted by Crippen LogP contribution is -2.30. The van der Waals surface area contributed by atoms with Crippen LogP contribution in [0, 0.1) is 5.95 Å². The molecule has 1 unspecified atom stereocenters. The van der Waals surface area contributed by atoms with Crippen LogP contribution >= 0.6 is 11.6 Å². The third-order valence-corrected chi connectivity index (χ3v) is 4.10. The number of halogens is 2. The van der Waals surface area contributed by atoms with E-state index in [0.29, 0.717) is 17.1 Å². The molecule has 2 heterocycles. The third kappa shape index (κ3) is 2.76. The number of hydrogen-bond acceptors (Lipinski definition) is 2. The largest absolute Gasteiger partial charge is 0.332 e. The van der Waals surface area contributed by atoms with Gasteiger partial charge in [-0.1, -0.05) is 29.8 Å². The number of carbonyl (C=O) groups is 1. The zero-order valence-electron chi connectivity index (χ0n) is 11.3. The highest BCUT2D eigenvalue weighted by Crippen LogP contribution is 2.36. The molecule has 1 atom stereocenters. The van der Waals surface area contributed by atoms with Crippen LogP contribution in [0.4, 0.5) is 4.39 Å². The highest BCUT2D eigenvalue weighted by atomic mass is 35.5. The molecule has 0 radical (unpaired) electrons. The van der Waals surface area contributed by atoms with Gasteiger partial charge in [0.15, 0.2) is 0 Å². The van der Waals surface area contributed by atoms with Gasteiger partial charge in [0.05, 0.1) is 11.6 Å². The second-order valence-corrected chi connectivity index (χ2v) is 5.45. The van der Waals surface area contributed by atoms with Gasteiger partial charge in [0.2, 0.25) is 5.95 Å². The zero-order valence-corrected chi connectivity index (χ0v) is 12.1. The maximum absolute atomic E-state index is 12.9. The van der Waals surface area contributed by atoms with Gasteiger partial charge in [-0.05, 0) is 36.6 Å². The van der Waals surface area contributed by atoms with Crippen molar-refractivity contribution >= 4 is 17.5 Å². The molecule has 0 saturated carbocycles. The summed E-state index contributed by atoms with van der Waals surface area (Å²) in [6.07, 6.45) is 3.08. The molecule has 3 nitrogen and oxygen atoms in total. The van der Waals surface area contributed by atoms with Gasteiger partial charge >= 0.3 is 0 Å². The Morgan fingerprint density at radius 2 is 2.10 bits per heavy atom. The number of nitrogens with zero attached hydrogens (tertiary/aromatic N) is 2. The molecule has 21 heavy (non-hydrogen) atoms. The van der Waals surface area contributed by atoms with Crippen LogP contribution in [0.5, 0.6) is 0 Å². The van der Waals surface area contributed by atoms with Crippen molar-refractivity contribution in [3.05, 3.63) is 64.7 Å². The van der Waals surface area contributed by atoms with Gasteiger partial charge in [-0.3, -0.25) is 4.79 Å². The van der Waals surface area contributed by atoms with Gasteiger partial charge in [-0.15, -0.1) is 0 Å². The van der Waals surface area contributed by atoms with Gasteiger partial charge in [-0.2, -0.15) is 4.39 Å². The molecule has 2 aromatic rings. The van der Waals surface area contributed by atoms with Gasteiger partial charge in [0.25, 0.3) is 5.91 Å². The summed E-state index contributed by atoms with van der Waals surface area (Å²) < 4.78 is 12.9. The van der Waals surface area contributed by atoms with Gasteiger partial charge in [0, 0.05) is 17.8 Å². The molecular weight excluding hydrogens is 291 g/mol. The second kappa shape index (κ2) is 5.82. The Morgan fingerprint density at radius 3 is 2.81 bits per heavy atom. The Morgan fingerprint density at radius 1 is 1.29 bits per heavy atom. The standard InChI is InChI=1S/C16H14ClFN2O/c17-13-5-2-1-4-12(13)14-6-3-9-20(14)16(21)11-7-8-15(18)19-10-11/h1-2,4-5,7-8,10,14H,3,6,9H2. The van der Waals surface area contributed by atoms with Crippen molar-refractivity contribution in [3.63, 3.8) is 0 Å². The molecule has 0 spiro atoms. The summed E-state index contributed by atoms with van der Waals surface area (Å²) in [7, 11) is 0. The Hall–Kier alpha value is -1.94. The molecule has 1 aliphatic heterocycles. The van der Waals surface area contributed by atoms with Crippen LogP contribution in [0.3, 0.4) is 0 Å². The first kappa shape index (κ1) is 14.0. The lowest BCUT2D eigenvalue weighted by Gasteiger charge is -2.25. The monoisotopic (exact) mass is 304 g/mol. The van der Waals surface area contributed by atoms with E-state index in [1.165, 1.54) is 18.3 Å². The number of likely N-dealkylation sites (tertiary alicyclic amines) is 1. The molecule has 3 rings (SSSR count). The molecule has 1 fully saturated rings. The molecule has 0 N–H and O–H groups in total. The van der Waals surface area contributed by atoms with Crippen LogP contribution in [-0.4, -0.2) is 22.3 Å². The van der Waals surface area contributed by atoms with Crippen LogP contribution in [0.1, 0.15) is 34.8 Å². The zero-order chi connectivity index (χ0) is 14.8. The van der Waals surface area contributed by atoms with Crippen LogP contribution in [0.15, 0.2) is 42.6 Å². The van der Waals surface area contributed by atoms with E-state index in [2.05, 4.69) is 4.98 Å². The Bertz CT molecular complexity index is 660. The van der Waals surface area contributed by atoms with E-state index in [1.54, 1.807) is 4.90 Å². The highest BCUT2D eigenvalue weighted by molar-refractivity contribution is 6.31. The predicted octanol–water partition coefficient (Wildman–Crippen LogP) is 3.85. The van der Waals surface area contributed by atoms with E-state index < -0.39 is 5.95 Å². The average Bonchev–Trinajstić information content (AvgIpc) is 2.97. The lowest BCUT2D eigenvalue weighted by molar-refractivity contribution is 0.0735. The molecule has 1 aliphatic rings. The SMILES string of the molecule is O=C(c1ccc(F)nc1)N1CCCC1c1ccccc1Cl. The van der Waals surface area contributed by atoms with E-state index in [9.17, 15) is 9.18 Å². The average molecular weight is 305 g/mol. The molecule has 0 aliphatic carbocycles. The van der Waals surface area contributed by atoms with Crippen molar-refractivity contribution in [1.29, 1.82) is 0 Å². The summed E-state index contributed by atoms with van der Waals surface area (Å²) in [5.41, 5.74) is 1.36. The van der Waals surface area contributed by atoms with Crippen molar-refractivity contribution in [2.45, 2.75) is 18.9 Å². The van der Waals surface area contributed by atoms with Crippen molar-refractivity contribution in [2.75, 3.05) is 6.54 Å². The minimum absolute atomic E-state index is 0.0312. The molecule has 1 saturated heterocycles. The number of aromatic nitrogens is 1. The summed E-state index contributed by atoms with van der Waals surface area (Å²) in [4.78, 5) is 17.9. The Balaban J connectivity index is 1.89. The van der Waals surface area contributed by atoms with Crippen molar-refractivity contribution in [3.8, 4) is 0 Å². The lowest BCUT2D eigenvalue weighted by atomic mass is 10.0. The van der Waals surface area contributed by atoms with Crippen molar-refractivity contribution in [1.82, 2.24) is 9.88 Å². The molecule has 1 aromatic heterocycles. The van der Waals surface area contributed by atoms with E-state index in [0.717, 1.165) is 18.4 Å². The molecule has 108 valence electrons. The number of benzene rings is 1. The molecular formula is C16H14ClFN2O. The van der Waals surface area contributed by atoms with Crippen LogP contribution < -0.4 is 0 Å². The molecule has 5 heteroatoms. The number of pyridine rings is 1. The van der Waals surface area contributed by atoms with Crippen molar-refractivity contribution in [2.24, 2.45) is 0 Å². The third-order valence-electron chi connectivity index (χ3n) is 3.75. The van der Waals surface area contributed by atoms with Crippen LogP contribution in [0.25, 0.3) is 0 Å². The highest BCUT2D eigenvalue weighted by Gasteiger charge is 2.31. The second-order valence-electron chi connectivity index (χ2n) is 5.05. The maximum atomic E-state index is 12.9. The first-order valence-corrected chi connectivity index (χ1v) is 7.21. The number of rotatable bonds is 2. The maximum Gasteiger partial charge on any atom is 0.255 e. The molecule has 0 bridgehead atoms. The fourth-order valence-electron chi connectivity index (χ4n) is 2.75. The molecule has 1 amide bonds. The minimum Gasteiger partial charge on any atom is -0.332 e. The number of amides is 1. The summed E-state index contributed by atoms with van der Waals surface area (Å²) in [6.45, 7) is 0.673. The summed E-state index contributed by atoms with van der Waals surface area (Å²) in [6, 6.07) is 10.2. The summed E-state index contributed by atoms with van der Waals surface area (Å²) in [5.74, 6) is -0.722. The van der Waals surface area contributed by atoms with E-state index in [-0.39, 0.29) is 11.9 Å². The van der Waals surface area contributed by atoms with Crippen LogP contribution in [0.2, 0.25) is 5.02 Å². The fourth-order valence-corrected chi connectivity index (χ4v) is 3.01. The topological polar surface area (TPSA) is 33.2 Å². The van der Waals surface area contributed by atoms with Gasteiger partial charge in [-0.25, -0.2) is 4.98 Å². The van der Waals surface area contributed by atoms with Gasteiger partial charge < -0.3 is 4.90 Å². The summed E-state index contributed by atoms with van der Waals surface area (Å²) >= 11 is 6.24. The predicted molar refractivity (Wildman–Crippen MR) is 78.7 cm³/mol. The fraction of sp³-hybridized carbons (Fsp3) is 0.250. The van der Waals surface area contributed by atoms with Crippen LogP contribution in [-0.2, 0) is 0 Å². The number of hydrogen-bond donors (Lipinski definition) is 0. The first-order chi connectivity index (χ1) is 10.2. The van der Waals surface area contributed by atoms with Crippen molar-refractivity contribution < 1.29 is 9.18 Å². The normalized spacial score (nSPS) is 18.0. The molecule has 1 aromatic carbocycles. The van der Waals surface area contributed by atoms with E-state index >= 15 is 0 Å². The smallest absolute Gasteiger partial charge is 0.255 e. The van der Waals surface area contributed by atoms with E-state index in [1.807, 2.05) is 24.3 Å². The van der Waals surface area contributed by atoms with Gasteiger partial charge in [0.1, 0.15) is 0 Å². The Labute approximate surface area is 127 Å². The van der Waals surface area contributed by atoms with E-state index in [4.69, 9.17) is 11.6 Å². The summed E-state index contributed by atoms with van der Waals surface area (Å²) in [5, 5.41) is 0.666. The number of carbonyl (C=O) groups excluding carboxylic acids is 1. The first-order valence-electron chi connectivity index (χ1n) is 6.84. The Kier molecular flexibility index (Phi) is 3.88. The minimum atomic E-state index is -0.587.